The van der Waals surface area contributed by atoms with Crippen molar-refractivity contribution < 1.29 is 23.8 Å². The molecule has 1 atom stereocenters. The van der Waals surface area contributed by atoms with Gasteiger partial charge in [0.15, 0.2) is 5.60 Å². The Bertz CT molecular complexity index is 673. The molecule has 0 radical (unpaired) electrons. The van der Waals surface area contributed by atoms with Crippen LogP contribution in [-0.2, 0) is 20.9 Å². The van der Waals surface area contributed by atoms with Crippen molar-refractivity contribution in [3.8, 4) is 0 Å². The summed E-state index contributed by atoms with van der Waals surface area (Å²) in [7, 11) is 1.40. The first-order valence-electron chi connectivity index (χ1n) is 9.48. The molecule has 1 aromatic carbocycles. The van der Waals surface area contributed by atoms with Gasteiger partial charge in [-0.1, -0.05) is 12.1 Å². The number of benzene rings is 1. The van der Waals surface area contributed by atoms with Crippen LogP contribution in [0.5, 0.6) is 0 Å². The number of methoxy groups -OCH3 is 1. The predicted molar refractivity (Wildman–Crippen MR) is 97.2 cm³/mol. The second kappa shape index (κ2) is 8.35. The third kappa shape index (κ3) is 4.65. The molecule has 0 aliphatic carbocycles. The summed E-state index contributed by atoms with van der Waals surface area (Å²) in [5.41, 5.74) is -0.566. The predicted octanol–water partition coefficient (Wildman–Crippen LogP) is 1.56. The van der Waals surface area contributed by atoms with E-state index in [-0.39, 0.29) is 30.2 Å². The van der Waals surface area contributed by atoms with Crippen molar-refractivity contribution in [2.24, 2.45) is 5.92 Å². The van der Waals surface area contributed by atoms with Crippen molar-refractivity contribution >= 4 is 11.9 Å². The lowest BCUT2D eigenvalue weighted by molar-refractivity contribution is -0.161. The van der Waals surface area contributed by atoms with E-state index in [0.29, 0.717) is 45.4 Å². The molecule has 1 N–H and O–H groups in total. The van der Waals surface area contributed by atoms with Crippen molar-refractivity contribution in [1.82, 2.24) is 9.80 Å². The number of carbonyl (C=O) groups is 2. The zero-order chi connectivity index (χ0) is 19.4. The first kappa shape index (κ1) is 19.8. The Morgan fingerprint density at radius 1 is 1.26 bits per heavy atom. The first-order chi connectivity index (χ1) is 12.9. The molecule has 2 fully saturated rings. The number of carbonyl (C=O) groups excluding carboxylic acids is 2. The van der Waals surface area contributed by atoms with Crippen LogP contribution in [0.3, 0.4) is 0 Å². The lowest BCUT2D eigenvalue weighted by Gasteiger charge is -2.42. The molecule has 6 nitrogen and oxygen atoms in total. The maximum absolute atomic E-state index is 13.1. The number of hydrogen-bond donors (Lipinski definition) is 1. The molecular formula is C20H27FN2O4. The summed E-state index contributed by atoms with van der Waals surface area (Å²) in [6, 6.07) is 6.07. The average Bonchev–Trinajstić information content (AvgIpc) is 2.67. The number of halogens is 1. The molecule has 0 unspecified atom stereocenters. The van der Waals surface area contributed by atoms with Gasteiger partial charge in [-0.25, -0.2) is 4.39 Å². The Hall–Kier alpha value is -1.99. The largest absolute Gasteiger partial charge is 0.469 e. The van der Waals surface area contributed by atoms with Crippen molar-refractivity contribution in [3.05, 3.63) is 35.6 Å². The number of amides is 1. The SMILES string of the molecule is COC(=O)C1CCN(C[C@@]2(O)CCCN(Cc3ccc(F)cc3)C2=O)CC1. The Morgan fingerprint density at radius 2 is 1.93 bits per heavy atom. The molecule has 1 amide bonds. The fourth-order valence-corrected chi connectivity index (χ4v) is 4.04. The van der Waals surface area contributed by atoms with Crippen LogP contribution in [0.2, 0.25) is 0 Å². The number of likely N-dealkylation sites (tertiary alicyclic amines) is 2. The Morgan fingerprint density at radius 3 is 2.56 bits per heavy atom. The van der Waals surface area contributed by atoms with Crippen LogP contribution < -0.4 is 0 Å². The normalized spacial score (nSPS) is 24.9. The zero-order valence-corrected chi connectivity index (χ0v) is 15.7. The number of β-amino-alcohol motifs (C(OH)–C–C–N with tert-alkyl or cyclic N) is 1. The summed E-state index contributed by atoms with van der Waals surface area (Å²) in [5, 5.41) is 11.0. The summed E-state index contributed by atoms with van der Waals surface area (Å²) >= 11 is 0. The van der Waals surface area contributed by atoms with Gasteiger partial charge in [-0.05, 0) is 56.5 Å². The van der Waals surface area contributed by atoms with Gasteiger partial charge in [0.25, 0.3) is 5.91 Å². The van der Waals surface area contributed by atoms with Crippen LogP contribution in [-0.4, -0.2) is 65.7 Å². The Kier molecular flexibility index (Phi) is 6.11. The summed E-state index contributed by atoms with van der Waals surface area (Å²) in [6.07, 6.45) is 2.51. The van der Waals surface area contributed by atoms with Crippen molar-refractivity contribution in [2.75, 3.05) is 33.3 Å². The highest BCUT2D eigenvalue weighted by molar-refractivity contribution is 5.86. The van der Waals surface area contributed by atoms with Gasteiger partial charge in [-0.2, -0.15) is 0 Å². The number of ether oxygens (including phenoxy) is 1. The molecule has 2 aliphatic heterocycles. The quantitative estimate of drug-likeness (QED) is 0.788. The Balaban J connectivity index is 1.59. The monoisotopic (exact) mass is 378 g/mol. The van der Waals surface area contributed by atoms with E-state index < -0.39 is 5.60 Å². The van der Waals surface area contributed by atoms with Crippen LogP contribution in [0, 0.1) is 11.7 Å². The molecule has 0 saturated carbocycles. The molecule has 0 bridgehead atoms. The lowest BCUT2D eigenvalue weighted by atomic mass is 9.89. The molecule has 2 aliphatic rings. The molecule has 2 heterocycles. The van der Waals surface area contributed by atoms with Crippen LogP contribution in [0.1, 0.15) is 31.2 Å². The molecule has 1 aromatic rings. The fourth-order valence-electron chi connectivity index (χ4n) is 4.04. The topological polar surface area (TPSA) is 70.1 Å². The van der Waals surface area contributed by atoms with Crippen molar-refractivity contribution in [1.29, 1.82) is 0 Å². The number of hydrogen-bond acceptors (Lipinski definition) is 5. The molecule has 7 heteroatoms. The number of rotatable bonds is 5. The van der Waals surface area contributed by atoms with Crippen LogP contribution >= 0.6 is 0 Å². The summed E-state index contributed by atoms with van der Waals surface area (Å²) in [6.45, 7) is 2.55. The molecule has 148 valence electrons. The van der Waals surface area contributed by atoms with E-state index in [4.69, 9.17) is 4.74 Å². The molecule has 3 rings (SSSR count). The van der Waals surface area contributed by atoms with Crippen molar-refractivity contribution in [3.63, 3.8) is 0 Å². The molecular weight excluding hydrogens is 351 g/mol. The van der Waals surface area contributed by atoms with E-state index in [0.717, 1.165) is 12.0 Å². The minimum absolute atomic E-state index is 0.0991. The van der Waals surface area contributed by atoms with Gasteiger partial charge in [0.2, 0.25) is 0 Å². The molecule has 27 heavy (non-hydrogen) atoms. The van der Waals surface area contributed by atoms with E-state index in [9.17, 15) is 19.1 Å². The molecule has 2 saturated heterocycles. The maximum Gasteiger partial charge on any atom is 0.308 e. The maximum atomic E-state index is 13.1. The van der Waals surface area contributed by atoms with E-state index in [1.165, 1.54) is 19.2 Å². The van der Waals surface area contributed by atoms with Gasteiger partial charge in [-0.15, -0.1) is 0 Å². The second-order valence-corrected chi connectivity index (χ2v) is 7.56. The number of aliphatic hydroxyl groups is 1. The standard InChI is InChI=1S/C20H27FN2O4/c1-27-18(24)16-7-11-22(12-8-16)14-20(26)9-2-10-23(19(20)25)13-15-3-5-17(21)6-4-15/h3-6,16,26H,2,7-14H2,1H3/t20-/m0/s1. The summed E-state index contributed by atoms with van der Waals surface area (Å²) in [5.74, 6) is -0.866. The van der Waals surface area contributed by atoms with E-state index in [2.05, 4.69) is 4.90 Å². The number of esters is 1. The molecule has 0 spiro atoms. The summed E-state index contributed by atoms with van der Waals surface area (Å²) < 4.78 is 17.9. The third-order valence-electron chi connectivity index (χ3n) is 5.60. The number of piperidine rings is 2. The smallest absolute Gasteiger partial charge is 0.308 e. The van der Waals surface area contributed by atoms with Gasteiger partial charge < -0.3 is 14.7 Å². The van der Waals surface area contributed by atoms with Gasteiger partial charge >= 0.3 is 5.97 Å². The van der Waals surface area contributed by atoms with E-state index in [1.54, 1.807) is 17.0 Å². The minimum atomic E-state index is -1.41. The van der Waals surface area contributed by atoms with E-state index >= 15 is 0 Å². The van der Waals surface area contributed by atoms with Gasteiger partial charge in [0.1, 0.15) is 5.82 Å². The third-order valence-corrected chi connectivity index (χ3v) is 5.60. The highest BCUT2D eigenvalue weighted by Crippen LogP contribution is 2.27. The van der Waals surface area contributed by atoms with Crippen LogP contribution in [0.15, 0.2) is 24.3 Å². The van der Waals surface area contributed by atoms with Crippen LogP contribution in [0.25, 0.3) is 0 Å². The van der Waals surface area contributed by atoms with Gasteiger partial charge in [-0.3, -0.25) is 14.5 Å². The highest BCUT2D eigenvalue weighted by Gasteiger charge is 2.44. The van der Waals surface area contributed by atoms with Crippen molar-refractivity contribution in [2.45, 2.75) is 37.8 Å². The lowest BCUT2D eigenvalue weighted by Crippen LogP contribution is -2.59. The highest BCUT2D eigenvalue weighted by atomic mass is 19.1. The van der Waals surface area contributed by atoms with Gasteiger partial charge in [0.05, 0.1) is 13.0 Å². The average molecular weight is 378 g/mol. The second-order valence-electron chi connectivity index (χ2n) is 7.56. The van der Waals surface area contributed by atoms with Crippen LogP contribution in [0.4, 0.5) is 4.39 Å². The first-order valence-corrected chi connectivity index (χ1v) is 9.48. The van der Waals surface area contributed by atoms with Gasteiger partial charge in [0, 0.05) is 19.6 Å². The Labute approximate surface area is 158 Å². The zero-order valence-electron chi connectivity index (χ0n) is 15.7. The summed E-state index contributed by atoms with van der Waals surface area (Å²) in [4.78, 5) is 28.3. The molecule has 0 aromatic heterocycles. The fraction of sp³-hybridized carbons (Fsp3) is 0.600. The number of nitrogens with zero attached hydrogens (tertiary/aromatic N) is 2. The minimum Gasteiger partial charge on any atom is -0.469 e. The van der Waals surface area contributed by atoms with E-state index in [1.807, 2.05) is 0 Å².